The van der Waals surface area contributed by atoms with Crippen LogP contribution in [0.15, 0.2) is 0 Å². The lowest BCUT2D eigenvalue weighted by Gasteiger charge is -2.33. The molecule has 2 aliphatic rings. The SMILES string of the molecule is Cc1nc([C@@H]2CN(C(=O)NC3CCCCC3)CCO2)n[nH]1. The number of morpholine rings is 1. The average Bonchev–Trinajstić information content (AvgIpc) is 2.95. The molecule has 1 saturated carbocycles. The fourth-order valence-electron chi connectivity index (χ4n) is 3.01. The first-order valence-corrected chi connectivity index (χ1v) is 7.78. The number of aryl methyl sites for hydroxylation is 1. The molecule has 3 rings (SSSR count). The first kappa shape index (κ1) is 14.3. The molecule has 7 heteroatoms. The van der Waals surface area contributed by atoms with Gasteiger partial charge in [0, 0.05) is 12.6 Å². The Kier molecular flexibility index (Phi) is 4.38. The number of hydrogen-bond donors (Lipinski definition) is 2. The van der Waals surface area contributed by atoms with Gasteiger partial charge >= 0.3 is 6.03 Å². The number of nitrogens with zero attached hydrogens (tertiary/aromatic N) is 3. The van der Waals surface area contributed by atoms with Crippen LogP contribution in [-0.2, 0) is 4.74 Å². The van der Waals surface area contributed by atoms with Crippen molar-refractivity contribution in [2.24, 2.45) is 0 Å². The maximum Gasteiger partial charge on any atom is 0.317 e. The van der Waals surface area contributed by atoms with E-state index in [4.69, 9.17) is 4.74 Å². The topological polar surface area (TPSA) is 83.1 Å². The van der Waals surface area contributed by atoms with E-state index in [9.17, 15) is 4.79 Å². The molecule has 21 heavy (non-hydrogen) atoms. The molecule has 2 heterocycles. The van der Waals surface area contributed by atoms with Crippen molar-refractivity contribution in [3.8, 4) is 0 Å². The van der Waals surface area contributed by atoms with Crippen molar-refractivity contribution in [2.45, 2.75) is 51.2 Å². The monoisotopic (exact) mass is 293 g/mol. The van der Waals surface area contributed by atoms with Gasteiger partial charge in [-0.05, 0) is 19.8 Å². The molecule has 2 fully saturated rings. The summed E-state index contributed by atoms with van der Waals surface area (Å²) in [5, 5.41) is 10.1. The third kappa shape index (κ3) is 3.53. The Morgan fingerprint density at radius 2 is 2.19 bits per heavy atom. The number of carbonyl (C=O) groups excluding carboxylic acids is 1. The van der Waals surface area contributed by atoms with Gasteiger partial charge in [-0.1, -0.05) is 19.3 Å². The molecule has 2 amide bonds. The molecule has 7 nitrogen and oxygen atoms in total. The number of nitrogens with one attached hydrogen (secondary N) is 2. The summed E-state index contributed by atoms with van der Waals surface area (Å²) in [7, 11) is 0. The van der Waals surface area contributed by atoms with Gasteiger partial charge in [-0.25, -0.2) is 9.78 Å². The molecule has 0 radical (unpaired) electrons. The first-order valence-electron chi connectivity index (χ1n) is 7.78. The summed E-state index contributed by atoms with van der Waals surface area (Å²) in [5.74, 6) is 1.39. The van der Waals surface area contributed by atoms with Crippen LogP contribution in [0.1, 0.15) is 49.9 Å². The van der Waals surface area contributed by atoms with Gasteiger partial charge in [0.1, 0.15) is 11.9 Å². The Labute approximate surface area is 124 Å². The Hall–Kier alpha value is -1.63. The molecule has 1 aromatic heterocycles. The summed E-state index contributed by atoms with van der Waals surface area (Å²) < 4.78 is 5.68. The lowest BCUT2D eigenvalue weighted by molar-refractivity contribution is -0.0203. The highest BCUT2D eigenvalue weighted by molar-refractivity contribution is 5.74. The van der Waals surface area contributed by atoms with Crippen LogP contribution in [0.3, 0.4) is 0 Å². The number of rotatable bonds is 2. The lowest BCUT2D eigenvalue weighted by atomic mass is 9.96. The third-order valence-corrected chi connectivity index (χ3v) is 4.19. The van der Waals surface area contributed by atoms with Gasteiger partial charge in [0.15, 0.2) is 5.82 Å². The summed E-state index contributed by atoms with van der Waals surface area (Å²) in [6.07, 6.45) is 5.68. The van der Waals surface area contributed by atoms with Gasteiger partial charge in [0.05, 0.1) is 13.2 Å². The predicted molar refractivity (Wildman–Crippen MR) is 76.8 cm³/mol. The summed E-state index contributed by atoms with van der Waals surface area (Å²) in [4.78, 5) is 18.5. The van der Waals surface area contributed by atoms with Crippen molar-refractivity contribution in [2.75, 3.05) is 19.7 Å². The van der Waals surface area contributed by atoms with E-state index in [-0.39, 0.29) is 12.1 Å². The van der Waals surface area contributed by atoms with Crippen LogP contribution in [0, 0.1) is 6.92 Å². The number of amides is 2. The zero-order chi connectivity index (χ0) is 14.7. The quantitative estimate of drug-likeness (QED) is 0.866. The summed E-state index contributed by atoms with van der Waals surface area (Å²) in [6, 6.07) is 0.348. The molecular formula is C14H23N5O2. The second-order valence-corrected chi connectivity index (χ2v) is 5.87. The standard InChI is InChI=1S/C14H23N5O2/c1-10-15-13(18-17-10)12-9-19(7-8-21-12)14(20)16-11-5-3-2-4-6-11/h11-12H,2-9H2,1H3,(H,16,20)(H,15,17,18)/t12-/m0/s1. The number of aromatic amines is 1. The Balaban J connectivity index is 1.56. The maximum atomic E-state index is 12.4. The number of urea groups is 1. The number of ether oxygens (including phenoxy) is 1. The van der Waals surface area contributed by atoms with E-state index in [0.29, 0.717) is 31.6 Å². The summed E-state index contributed by atoms with van der Waals surface area (Å²) >= 11 is 0. The zero-order valence-electron chi connectivity index (χ0n) is 12.5. The average molecular weight is 293 g/mol. The highest BCUT2D eigenvalue weighted by atomic mass is 16.5. The first-order chi connectivity index (χ1) is 10.2. The van der Waals surface area contributed by atoms with E-state index in [0.717, 1.165) is 18.7 Å². The van der Waals surface area contributed by atoms with Crippen molar-refractivity contribution in [1.29, 1.82) is 0 Å². The Bertz CT molecular complexity index is 483. The second-order valence-electron chi connectivity index (χ2n) is 5.87. The van der Waals surface area contributed by atoms with Crippen LogP contribution in [0.25, 0.3) is 0 Å². The largest absolute Gasteiger partial charge is 0.366 e. The molecule has 116 valence electrons. The molecule has 1 aromatic rings. The van der Waals surface area contributed by atoms with Gasteiger partial charge in [0.25, 0.3) is 0 Å². The maximum absolute atomic E-state index is 12.4. The molecule has 1 saturated heterocycles. The van der Waals surface area contributed by atoms with Crippen molar-refractivity contribution in [3.05, 3.63) is 11.6 Å². The Morgan fingerprint density at radius 3 is 2.90 bits per heavy atom. The molecule has 0 aromatic carbocycles. The number of hydrogen-bond acceptors (Lipinski definition) is 4. The molecule has 0 bridgehead atoms. The van der Waals surface area contributed by atoms with Crippen LogP contribution in [0.4, 0.5) is 4.79 Å². The molecule has 0 unspecified atom stereocenters. The van der Waals surface area contributed by atoms with Gasteiger partial charge in [0.2, 0.25) is 0 Å². The normalized spacial score (nSPS) is 24.0. The molecule has 1 aliphatic carbocycles. The highest BCUT2D eigenvalue weighted by Crippen LogP contribution is 2.21. The minimum Gasteiger partial charge on any atom is -0.366 e. The smallest absolute Gasteiger partial charge is 0.317 e. The minimum atomic E-state index is -0.235. The van der Waals surface area contributed by atoms with Crippen molar-refractivity contribution >= 4 is 6.03 Å². The molecular weight excluding hydrogens is 270 g/mol. The van der Waals surface area contributed by atoms with E-state index < -0.39 is 0 Å². The molecule has 1 aliphatic heterocycles. The number of aromatic nitrogens is 3. The summed E-state index contributed by atoms with van der Waals surface area (Å²) in [5.41, 5.74) is 0. The van der Waals surface area contributed by atoms with E-state index in [1.165, 1.54) is 19.3 Å². The van der Waals surface area contributed by atoms with Crippen LogP contribution in [-0.4, -0.2) is 51.9 Å². The van der Waals surface area contributed by atoms with Crippen LogP contribution in [0.5, 0.6) is 0 Å². The minimum absolute atomic E-state index is 0.0162. The predicted octanol–water partition coefficient (Wildman–Crippen LogP) is 1.53. The van der Waals surface area contributed by atoms with E-state index >= 15 is 0 Å². The van der Waals surface area contributed by atoms with Gasteiger partial charge in [-0.15, -0.1) is 0 Å². The van der Waals surface area contributed by atoms with Crippen molar-refractivity contribution in [3.63, 3.8) is 0 Å². The number of carbonyl (C=O) groups is 1. The van der Waals surface area contributed by atoms with Crippen molar-refractivity contribution in [1.82, 2.24) is 25.4 Å². The Morgan fingerprint density at radius 1 is 1.38 bits per heavy atom. The fourth-order valence-corrected chi connectivity index (χ4v) is 3.01. The molecule has 0 spiro atoms. The molecule has 2 N–H and O–H groups in total. The van der Waals surface area contributed by atoms with E-state index in [2.05, 4.69) is 20.5 Å². The zero-order valence-corrected chi connectivity index (χ0v) is 12.5. The van der Waals surface area contributed by atoms with Crippen LogP contribution in [0.2, 0.25) is 0 Å². The van der Waals surface area contributed by atoms with Crippen molar-refractivity contribution < 1.29 is 9.53 Å². The summed E-state index contributed by atoms with van der Waals surface area (Å²) in [6.45, 7) is 3.51. The van der Waals surface area contributed by atoms with Gasteiger partial charge in [-0.3, -0.25) is 5.10 Å². The third-order valence-electron chi connectivity index (χ3n) is 4.19. The highest BCUT2D eigenvalue weighted by Gasteiger charge is 2.29. The lowest BCUT2D eigenvalue weighted by Crippen LogP contribution is -2.50. The number of H-pyrrole nitrogens is 1. The van der Waals surface area contributed by atoms with Gasteiger partial charge in [-0.2, -0.15) is 5.10 Å². The van der Waals surface area contributed by atoms with E-state index in [1.807, 2.05) is 11.8 Å². The van der Waals surface area contributed by atoms with Crippen LogP contribution < -0.4 is 5.32 Å². The van der Waals surface area contributed by atoms with Gasteiger partial charge < -0.3 is 15.0 Å². The van der Waals surface area contributed by atoms with E-state index in [1.54, 1.807) is 0 Å². The second kappa shape index (κ2) is 6.43. The molecule has 1 atom stereocenters. The fraction of sp³-hybridized carbons (Fsp3) is 0.786. The van der Waals surface area contributed by atoms with Crippen LogP contribution >= 0.6 is 0 Å².